The lowest BCUT2D eigenvalue weighted by atomic mass is 9.74. The quantitative estimate of drug-likeness (QED) is 0.530. The van der Waals surface area contributed by atoms with Gasteiger partial charge in [-0.15, -0.1) is 0 Å². The molecule has 0 fully saturated rings. The zero-order valence-corrected chi connectivity index (χ0v) is 18.6. The van der Waals surface area contributed by atoms with E-state index in [1.54, 1.807) is 13.8 Å². The van der Waals surface area contributed by atoms with Crippen molar-refractivity contribution < 1.29 is 19.1 Å². The number of carbonyl (C=O) groups is 2. The van der Waals surface area contributed by atoms with E-state index in [4.69, 9.17) is 5.73 Å². The maximum Gasteiger partial charge on any atom is 0.408 e. The van der Waals surface area contributed by atoms with Crippen LogP contribution in [-0.2, 0) is 6.42 Å². The van der Waals surface area contributed by atoms with E-state index >= 15 is 0 Å². The van der Waals surface area contributed by atoms with E-state index in [1.807, 2.05) is 48.5 Å². The van der Waals surface area contributed by atoms with Gasteiger partial charge < -0.3 is 10.8 Å². The number of hydrogen-bond acceptors (Lipinski definition) is 3. The number of anilines is 1. The molecule has 1 amide bonds. The lowest BCUT2D eigenvalue weighted by molar-refractivity contribution is 0.0512. The molecule has 1 unspecified atom stereocenters. The van der Waals surface area contributed by atoms with Gasteiger partial charge in [-0.2, -0.15) is 0 Å². The Balaban J connectivity index is 1.58. The van der Waals surface area contributed by atoms with Crippen molar-refractivity contribution in [3.05, 3.63) is 88.2 Å². The number of fused-ring (bicyclic) bond motifs is 4. The molecule has 0 spiro atoms. The third-order valence-corrected chi connectivity index (χ3v) is 7.42. The van der Waals surface area contributed by atoms with Gasteiger partial charge in [0.2, 0.25) is 0 Å². The summed E-state index contributed by atoms with van der Waals surface area (Å²) < 4.78 is 14.2. The Morgan fingerprint density at radius 1 is 1.15 bits per heavy atom. The van der Waals surface area contributed by atoms with E-state index in [9.17, 15) is 19.1 Å². The molecule has 1 atom stereocenters. The van der Waals surface area contributed by atoms with Crippen molar-refractivity contribution in [2.75, 3.05) is 12.3 Å². The number of carboxylic acid groups (broad SMARTS) is 1. The topological polar surface area (TPSA) is 83.6 Å². The van der Waals surface area contributed by atoms with Crippen molar-refractivity contribution in [1.29, 1.82) is 0 Å². The molecule has 3 aromatic carbocycles. The van der Waals surface area contributed by atoms with Crippen molar-refractivity contribution in [3.8, 4) is 11.1 Å². The maximum absolute atomic E-state index is 14.2. The van der Waals surface area contributed by atoms with E-state index in [2.05, 4.69) is 0 Å². The first-order chi connectivity index (χ1) is 15.7. The number of halogens is 1. The lowest BCUT2D eigenvalue weighted by Crippen LogP contribution is -2.58. The van der Waals surface area contributed by atoms with Crippen LogP contribution in [-0.4, -0.2) is 34.0 Å². The first-order valence-corrected chi connectivity index (χ1v) is 11.0. The number of ketones is 1. The predicted molar refractivity (Wildman–Crippen MR) is 125 cm³/mol. The van der Waals surface area contributed by atoms with E-state index in [0.29, 0.717) is 17.5 Å². The fraction of sp³-hybridized carbons (Fsp3) is 0.259. The summed E-state index contributed by atoms with van der Waals surface area (Å²) in [5, 5.41) is 10.3. The number of carbonyl (C=O) groups excluding carboxylic acids is 1. The summed E-state index contributed by atoms with van der Waals surface area (Å²) in [5.41, 5.74) is 10.3. The van der Waals surface area contributed by atoms with Crippen LogP contribution in [0.25, 0.3) is 11.1 Å². The highest BCUT2D eigenvalue weighted by molar-refractivity contribution is 6.10. The molecule has 0 aromatic heterocycles. The highest BCUT2D eigenvalue weighted by Gasteiger charge is 2.48. The fourth-order valence-corrected chi connectivity index (χ4v) is 5.54. The monoisotopic (exact) mass is 444 g/mol. The highest BCUT2D eigenvalue weighted by atomic mass is 19.1. The summed E-state index contributed by atoms with van der Waals surface area (Å²) in [6.07, 6.45) is -0.508. The van der Waals surface area contributed by atoms with Crippen LogP contribution < -0.4 is 5.73 Å². The summed E-state index contributed by atoms with van der Waals surface area (Å²) in [6, 6.07) is 17.1. The van der Waals surface area contributed by atoms with Crippen LogP contribution in [0.5, 0.6) is 0 Å². The standard InChI is InChI=1S/C27H25FN2O3/c1-15-16-11-12-27(2,25(31)24(16)23(29)13-22(15)28)30(26(32)33)14-21-19-9-5-3-7-17(19)18-8-4-6-10-20(18)21/h3-10,13,21H,11-12,14,29H2,1-2H3,(H,32,33). The van der Waals surface area contributed by atoms with E-state index in [0.717, 1.165) is 28.3 Å². The molecule has 2 aliphatic carbocycles. The normalized spacial score (nSPS) is 19.1. The van der Waals surface area contributed by atoms with Gasteiger partial charge in [0.15, 0.2) is 5.78 Å². The molecule has 3 aromatic rings. The van der Waals surface area contributed by atoms with Crippen molar-refractivity contribution in [2.45, 2.75) is 38.1 Å². The number of nitrogen functional groups attached to an aromatic ring is 1. The lowest BCUT2D eigenvalue weighted by Gasteiger charge is -2.43. The van der Waals surface area contributed by atoms with Crippen LogP contribution in [0.2, 0.25) is 0 Å². The second-order valence-corrected chi connectivity index (χ2v) is 9.15. The fourth-order valence-electron chi connectivity index (χ4n) is 5.54. The second-order valence-electron chi connectivity index (χ2n) is 9.15. The van der Waals surface area contributed by atoms with E-state index < -0.39 is 17.4 Å². The molecular weight excluding hydrogens is 419 g/mol. The Hall–Kier alpha value is -3.67. The highest BCUT2D eigenvalue weighted by Crippen LogP contribution is 2.46. The minimum absolute atomic E-state index is 0.0610. The Bertz CT molecular complexity index is 1270. The van der Waals surface area contributed by atoms with E-state index in [-0.39, 0.29) is 35.9 Å². The number of nitrogens with zero attached hydrogens (tertiary/aromatic N) is 1. The molecule has 33 heavy (non-hydrogen) atoms. The molecule has 168 valence electrons. The van der Waals surface area contributed by atoms with Gasteiger partial charge in [0.1, 0.15) is 11.4 Å². The number of hydrogen-bond donors (Lipinski definition) is 2. The van der Waals surface area contributed by atoms with Gasteiger partial charge in [-0.3, -0.25) is 9.69 Å². The first kappa shape index (κ1) is 21.2. The molecule has 6 heteroatoms. The van der Waals surface area contributed by atoms with Gasteiger partial charge in [0.25, 0.3) is 0 Å². The van der Waals surface area contributed by atoms with Gasteiger partial charge in [-0.1, -0.05) is 48.5 Å². The van der Waals surface area contributed by atoms with Crippen LogP contribution in [0.4, 0.5) is 14.9 Å². The van der Waals surface area contributed by atoms with Crippen LogP contribution in [0.15, 0.2) is 54.6 Å². The molecule has 0 radical (unpaired) electrons. The second kappa shape index (κ2) is 7.44. The zero-order valence-electron chi connectivity index (χ0n) is 18.6. The Morgan fingerprint density at radius 2 is 1.73 bits per heavy atom. The smallest absolute Gasteiger partial charge is 0.408 e. The molecule has 0 saturated heterocycles. The van der Waals surface area contributed by atoms with Crippen LogP contribution in [0.3, 0.4) is 0 Å². The number of Topliss-reactive ketones (excluding diaryl/α,β-unsaturated/α-hetero) is 1. The molecule has 5 nitrogen and oxygen atoms in total. The summed E-state index contributed by atoms with van der Waals surface area (Å²) >= 11 is 0. The average molecular weight is 445 g/mol. The van der Waals surface area contributed by atoms with Gasteiger partial charge in [-0.25, -0.2) is 9.18 Å². The average Bonchev–Trinajstić information content (AvgIpc) is 3.11. The van der Waals surface area contributed by atoms with Crippen molar-refractivity contribution in [1.82, 2.24) is 4.90 Å². The van der Waals surface area contributed by atoms with Crippen molar-refractivity contribution in [3.63, 3.8) is 0 Å². The molecule has 0 saturated carbocycles. The molecule has 3 N–H and O–H groups in total. The van der Waals surface area contributed by atoms with Gasteiger partial charge >= 0.3 is 6.09 Å². The van der Waals surface area contributed by atoms with E-state index in [1.165, 1.54) is 4.90 Å². The Kier molecular flexibility index (Phi) is 4.78. The SMILES string of the molecule is Cc1c(F)cc(N)c2c1CCC(C)(N(CC1c3ccccc3-c3ccccc31)C(=O)O)C2=O. The van der Waals surface area contributed by atoms with Crippen LogP contribution in [0.1, 0.15) is 51.9 Å². The molecular formula is C27H25FN2O3. The summed E-state index contributed by atoms with van der Waals surface area (Å²) in [4.78, 5) is 27.6. The number of amides is 1. The summed E-state index contributed by atoms with van der Waals surface area (Å²) in [6.45, 7) is 3.43. The van der Waals surface area contributed by atoms with Gasteiger partial charge in [-0.05, 0) is 66.1 Å². The third kappa shape index (κ3) is 3.04. The minimum Gasteiger partial charge on any atom is -0.465 e. The molecule has 2 aliphatic rings. The van der Waals surface area contributed by atoms with Gasteiger partial charge in [0.05, 0.1) is 0 Å². The maximum atomic E-state index is 14.2. The third-order valence-electron chi connectivity index (χ3n) is 7.42. The van der Waals surface area contributed by atoms with Crippen molar-refractivity contribution in [2.24, 2.45) is 0 Å². The Labute approximate surface area is 191 Å². The molecule has 5 rings (SSSR count). The summed E-state index contributed by atoms with van der Waals surface area (Å²) in [5.74, 6) is -1.00. The van der Waals surface area contributed by atoms with Crippen molar-refractivity contribution >= 4 is 17.6 Å². The molecule has 0 aliphatic heterocycles. The van der Waals surface area contributed by atoms with Crippen LogP contribution in [0, 0.1) is 12.7 Å². The van der Waals surface area contributed by atoms with Gasteiger partial charge in [0, 0.05) is 23.7 Å². The molecule has 0 bridgehead atoms. The Morgan fingerprint density at radius 3 is 2.30 bits per heavy atom. The molecule has 0 heterocycles. The first-order valence-electron chi connectivity index (χ1n) is 11.0. The predicted octanol–water partition coefficient (Wildman–Crippen LogP) is 5.40. The number of nitrogens with two attached hydrogens (primary N) is 1. The number of benzene rings is 3. The number of rotatable bonds is 3. The minimum atomic E-state index is -1.30. The van der Waals surface area contributed by atoms with Crippen LogP contribution >= 0.6 is 0 Å². The zero-order chi connectivity index (χ0) is 23.5. The largest absolute Gasteiger partial charge is 0.465 e. The summed E-state index contributed by atoms with van der Waals surface area (Å²) in [7, 11) is 0.